The summed E-state index contributed by atoms with van der Waals surface area (Å²) in [5.74, 6) is -0.479. The second kappa shape index (κ2) is 2.13. The third-order valence-electron chi connectivity index (χ3n) is 1.40. The van der Waals surface area contributed by atoms with E-state index in [4.69, 9.17) is 16.0 Å². The van der Waals surface area contributed by atoms with Crippen LogP contribution in [0.15, 0.2) is 27.4 Å². The minimum absolute atomic E-state index is 0.416. The van der Waals surface area contributed by atoms with Crippen LogP contribution in [0.1, 0.15) is 0 Å². The molecular weight excluding hydrogens is 166 g/mol. The number of H-pyrrole nitrogens is 1. The zero-order valence-corrected chi connectivity index (χ0v) is 6.18. The van der Waals surface area contributed by atoms with Crippen molar-refractivity contribution >= 4 is 22.7 Å². The maximum atomic E-state index is 10.7. The van der Waals surface area contributed by atoms with Gasteiger partial charge in [-0.3, -0.25) is 4.98 Å². The Morgan fingerprint density at radius 1 is 1.45 bits per heavy atom. The Morgan fingerprint density at radius 3 is 3.00 bits per heavy atom. The van der Waals surface area contributed by atoms with Gasteiger partial charge in [-0.2, -0.15) is 0 Å². The number of fused-ring (bicyclic) bond motifs is 1. The zero-order valence-electron chi connectivity index (χ0n) is 5.43. The first kappa shape index (κ1) is 6.49. The molecule has 0 bridgehead atoms. The molecule has 11 heavy (non-hydrogen) atoms. The molecular formula is C7H4ClNO2. The molecule has 1 aromatic carbocycles. The highest BCUT2D eigenvalue weighted by Crippen LogP contribution is 2.19. The van der Waals surface area contributed by atoms with Crippen LogP contribution in [-0.4, -0.2) is 4.98 Å². The fourth-order valence-electron chi connectivity index (χ4n) is 0.939. The number of oxazole rings is 1. The van der Waals surface area contributed by atoms with Gasteiger partial charge in [0.1, 0.15) is 0 Å². The predicted molar refractivity (Wildman–Crippen MR) is 41.8 cm³/mol. The van der Waals surface area contributed by atoms with Crippen molar-refractivity contribution in [3.05, 3.63) is 33.8 Å². The van der Waals surface area contributed by atoms with Crippen molar-refractivity contribution in [2.75, 3.05) is 0 Å². The first-order valence-corrected chi connectivity index (χ1v) is 3.42. The average Bonchev–Trinajstić information content (AvgIpc) is 2.31. The summed E-state index contributed by atoms with van der Waals surface area (Å²) in [6.07, 6.45) is 0. The van der Waals surface area contributed by atoms with Gasteiger partial charge in [-0.25, -0.2) is 4.79 Å². The lowest BCUT2D eigenvalue weighted by Gasteiger charge is -1.86. The van der Waals surface area contributed by atoms with Gasteiger partial charge in [-0.1, -0.05) is 17.7 Å². The molecule has 4 heteroatoms. The first-order chi connectivity index (χ1) is 5.27. The fraction of sp³-hybridized carbons (Fsp3) is 0. The smallest absolute Gasteiger partial charge is 0.406 e. The number of aromatic amines is 1. The summed E-state index contributed by atoms with van der Waals surface area (Å²) < 4.78 is 4.76. The second-order valence-electron chi connectivity index (χ2n) is 2.13. The summed E-state index contributed by atoms with van der Waals surface area (Å²) in [4.78, 5) is 13.2. The lowest BCUT2D eigenvalue weighted by Crippen LogP contribution is -1.92. The van der Waals surface area contributed by atoms with E-state index in [9.17, 15) is 4.79 Å². The summed E-state index contributed by atoms with van der Waals surface area (Å²) in [7, 11) is 0. The van der Waals surface area contributed by atoms with Crippen molar-refractivity contribution in [1.29, 1.82) is 0 Å². The van der Waals surface area contributed by atoms with Gasteiger partial charge in [-0.15, -0.1) is 0 Å². The molecule has 0 unspecified atom stereocenters. The van der Waals surface area contributed by atoms with E-state index in [1.165, 1.54) is 0 Å². The molecule has 0 aliphatic carbocycles. The van der Waals surface area contributed by atoms with E-state index < -0.39 is 5.76 Å². The van der Waals surface area contributed by atoms with Gasteiger partial charge < -0.3 is 4.42 Å². The Balaban J connectivity index is 3.01. The van der Waals surface area contributed by atoms with Crippen LogP contribution >= 0.6 is 11.6 Å². The topological polar surface area (TPSA) is 46.0 Å². The Hall–Kier alpha value is -1.22. The van der Waals surface area contributed by atoms with Crippen LogP contribution in [-0.2, 0) is 0 Å². The van der Waals surface area contributed by atoms with E-state index in [-0.39, 0.29) is 0 Å². The van der Waals surface area contributed by atoms with Crippen LogP contribution in [0.4, 0.5) is 0 Å². The molecule has 1 heterocycles. The second-order valence-corrected chi connectivity index (χ2v) is 2.54. The number of rotatable bonds is 0. The van der Waals surface area contributed by atoms with Crippen LogP contribution < -0.4 is 5.76 Å². The van der Waals surface area contributed by atoms with Crippen molar-refractivity contribution in [3.63, 3.8) is 0 Å². The van der Waals surface area contributed by atoms with Gasteiger partial charge in [0.15, 0.2) is 5.58 Å². The standard InChI is InChI=1S/C7H4ClNO2/c8-4-2-1-3-5-6(4)11-7(10)9-5/h1-3H,(H,9,10). The number of benzene rings is 1. The van der Waals surface area contributed by atoms with Crippen LogP contribution in [0.3, 0.4) is 0 Å². The monoisotopic (exact) mass is 169 g/mol. The van der Waals surface area contributed by atoms with Crippen LogP contribution in [0.25, 0.3) is 11.1 Å². The molecule has 1 N–H and O–H groups in total. The Kier molecular flexibility index (Phi) is 1.26. The molecule has 2 aromatic rings. The molecule has 0 atom stereocenters. The van der Waals surface area contributed by atoms with Crippen LogP contribution in [0, 0.1) is 0 Å². The number of hydrogen-bond acceptors (Lipinski definition) is 2. The average molecular weight is 170 g/mol. The quantitative estimate of drug-likeness (QED) is 0.654. The molecule has 0 fully saturated rings. The Bertz CT molecular complexity index is 443. The van der Waals surface area contributed by atoms with Crippen molar-refractivity contribution < 1.29 is 4.42 Å². The van der Waals surface area contributed by atoms with Gasteiger partial charge in [0.2, 0.25) is 0 Å². The van der Waals surface area contributed by atoms with Gasteiger partial charge >= 0.3 is 5.76 Å². The molecule has 0 saturated heterocycles. The molecule has 0 aliphatic rings. The molecule has 56 valence electrons. The number of halogens is 1. The fourth-order valence-corrected chi connectivity index (χ4v) is 1.15. The number of hydrogen-bond donors (Lipinski definition) is 1. The minimum atomic E-state index is -0.479. The summed E-state index contributed by atoms with van der Waals surface area (Å²) in [6.45, 7) is 0. The van der Waals surface area contributed by atoms with E-state index in [1.807, 2.05) is 0 Å². The number of aromatic nitrogens is 1. The Labute approximate surface area is 66.6 Å². The van der Waals surface area contributed by atoms with E-state index in [0.29, 0.717) is 16.1 Å². The molecule has 0 saturated carbocycles. The highest BCUT2D eigenvalue weighted by atomic mass is 35.5. The molecule has 0 spiro atoms. The lowest BCUT2D eigenvalue weighted by atomic mass is 10.3. The van der Waals surface area contributed by atoms with Crippen molar-refractivity contribution in [1.82, 2.24) is 4.98 Å². The summed E-state index contributed by atoms with van der Waals surface area (Å²) in [6, 6.07) is 5.14. The molecule has 0 amide bonds. The third kappa shape index (κ3) is 0.935. The molecule has 2 rings (SSSR count). The van der Waals surface area contributed by atoms with E-state index in [2.05, 4.69) is 4.98 Å². The predicted octanol–water partition coefficient (Wildman–Crippen LogP) is 1.77. The highest BCUT2D eigenvalue weighted by Gasteiger charge is 2.02. The van der Waals surface area contributed by atoms with Crippen molar-refractivity contribution in [3.8, 4) is 0 Å². The van der Waals surface area contributed by atoms with E-state index in [1.54, 1.807) is 18.2 Å². The summed E-state index contributed by atoms with van der Waals surface area (Å²) in [5, 5.41) is 0.445. The molecule has 0 radical (unpaired) electrons. The molecule has 0 aliphatic heterocycles. The van der Waals surface area contributed by atoms with Crippen LogP contribution in [0.5, 0.6) is 0 Å². The van der Waals surface area contributed by atoms with Crippen LogP contribution in [0.2, 0.25) is 5.02 Å². The van der Waals surface area contributed by atoms with Gasteiger partial charge in [0.05, 0.1) is 10.5 Å². The molecule has 3 nitrogen and oxygen atoms in total. The normalized spacial score (nSPS) is 10.6. The lowest BCUT2D eigenvalue weighted by molar-refractivity contribution is 0.555. The number of para-hydroxylation sites is 1. The third-order valence-corrected chi connectivity index (χ3v) is 1.70. The minimum Gasteiger partial charge on any atom is -0.406 e. The number of nitrogens with one attached hydrogen (secondary N) is 1. The van der Waals surface area contributed by atoms with Gasteiger partial charge in [0, 0.05) is 0 Å². The largest absolute Gasteiger partial charge is 0.417 e. The maximum absolute atomic E-state index is 10.7. The summed E-state index contributed by atoms with van der Waals surface area (Å²) in [5.41, 5.74) is 1.04. The van der Waals surface area contributed by atoms with Gasteiger partial charge in [-0.05, 0) is 12.1 Å². The van der Waals surface area contributed by atoms with Gasteiger partial charge in [0.25, 0.3) is 0 Å². The van der Waals surface area contributed by atoms with Crippen molar-refractivity contribution in [2.24, 2.45) is 0 Å². The SMILES string of the molecule is O=c1[nH]c2cccc(Cl)c2o1. The van der Waals surface area contributed by atoms with E-state index in [0.717, 1.165) is 0 Å². The first-order valence-electron chi connectivity index (χ1n) is 3.05. The van der Waals surface area contributed by atoms with E-state index >= 15 is 0 Å². The maximum Gasteiger partial charge on any atom is 0.417 e. The summed E-state index contributed by atoms with van der Waals surface area (Å²) >= 11 is 5.72. The zero-order chi connectivity index (χ0) is 7.84. The highest BCUT2D eigenvalue weighted by molar-refractivity contribution is 6.34. The van der Waals surface area contributed by atoms with Crippen molar-refractivity contribution in [2.45, 2.75) is 0 Å². The molecule has 1 aromatic heterocycles. The Morgan fingerprint density at radius 2 is 2.27 bits per heavy atom.